The van der Waals surface area contributed by atoms with Crippen LogP contribution in [0.4, 0.5) is 4.39 Å². The summed E-state index contributed by atoms with van der Waals surface area (Å²) in [7, 11) is 1.49. The second kappa shape index (κ2) is 5.59. The first kappa shape index (κ1) is 13.8. The summed E-state index contributed by atoms with van der Waals surface area (Å²) >= 11 is 11.6. The van der Waals surface area contributed by atoms with E-state index in [0.717, 1.165) is 6.07 Å². The number of hydrogen-bond donors (Lipinski definition) is 0. The van der Waals surface area contributed by atoms with Crippen LogP contribution in [0.1, 0.15) is 15.9 Å². The third kappa shape index (κ3) is 2.88. The Bertz CT molecular complexity index is 641. The summed E-state index contributed by atoms with van der Waals surface area (Å²) in [5, 5.41) is 0.438. The van der Waals surface area contributed by atoms with Crippen LogP contribution in [0.5, 0.6) is 5.75 Å². The van der Waals surface area contributed by atoms with Gasteiger partial charge in [0.15, 0.2) is 5.78 Å². The van der Waals surface area contributed by atoms with Crippen LogP contribution in [0, 0.1) is 5.82 Å². The van der Waals surface area contributed by atoms with Crippen LogP contribution in [-0.2, 0) is 0 Å². The van der Waals surface area contributed by atoms with E-state index in [0.29, 0.717) is 5.75 Å². The van der Waals surface area contributed by atoms with Crippen molar-refractivity contribution < 1.29 is 13.9 Å². The van der Waals surface area contributed by atoms with Crippen LogP contribution in [-0.4, -0.2) is 12.9 Å². The van der Waals surface area contributed by atoms with Gasteiger partial charge >= 0.3 is 0 Å². The molecule has 0 bridgehead atoms. The average Bonchev–Trinajstić information content (AvgIpc) is 2.37. The fourth-order valence-corrected chi connectivity index (χ4v) is 2.04. The molecule has 0 unspecified atom stereocenters. The van der Waals surface area contributed by atoms with Gasteiger partial charge < -0.3 is 4.74 Å². The van der Waals surface area contributed by atoms with Gasteiger partial charge in [-0.25, -0.2) is 4.39 Å². The van der Waals surface area contributed by atoms with Crippen LogP contribution >= 0.6 is 23.2 Å². The Kier molecular flexibility index (Phi) is 4.08. The standard InChI is InChI=1S/C14H9Cl2FO2/c1-19-9-3-5-10(12(16)7-9)14(18)11-4-2-8(15)6-13(11)17/h2-7H,1H3. The highest BCUT2D eigenvalue weighted by atomic mass is 35.5. The molecular weight excluding hydrogens is 290 g/mol. The largest absolute Gasteiger partial charge is 0.497 e. The van der Waals surface area contributed by atoms with Gasteiger partial charge in [-0.1, -0.05) is 23.2 Å². The Balaban J connectivity index is 2.44. The molecule has 0 atom stereocenters. The summed E-state index contributed by atoms with van der Waals surface area (Å²) in [6.07, 6.45) is 0. The number of ether oxygens (including phenoxy) is 1. The highest BCUT2D eigenvalue weighted by molar-refractivity contribution is 6.35. The summed E-state index contributed by atoms with van der Waals surface area (Å²) in [6, 6.07) is 8.47. The van der Waals surface area contributed by atoms with Crippen molar-refractivity contribution in [1.29, 1.82) is 0 Å². The van der Waals surface area contributed by atoms with Gasteiger partial charge in [0, 0.05) is 10.6 Å². The second-order valence-electron chi connectivity index (χ2n) is 3.80. The van der Waals surface area contributed by atoms with Gasteiger partial charge in [-0.05, 0) is 36.4 Å². The molecule has 0 heterocycles. The molecule has 2 nitrogen and oxygen atoms in total. The van der Waals surface area contributed by atoms with Crippen LogP contribution in [0.25, 0.3) is 0 Å². The maximum absolute atomic E-state index is 13.7. The van der Waals surface area contributed by atoms with Crippen molar-refractivity contribution in [3.05, 3.63) is 63.4 Å². The molecule has 0 saturated carbocycles. The van der Waals surface area contributed by atoms with Gasteiger partial charge in [-0.15, -0.1) is 0 Å². The molecule has 0 saturated heterocycles. The van der Waals surface area contributed by atoms with E-state index in [1.807, 2.05) is 0 Å². The molecule has 0 aliphatic heterocycles. The normalized spacial score (nSPS) is 10.3. The van der Waals surface area contributed by atoms with Gasteiger partial charge in [0.1, 0.15) is 11.6 Å². The molecule has 2 aromatic rings. The Morgan fingerprint density at radius 3 is 2.37 bits per heavy atom. The summed E-state index contributed by atoms with van der Waals surface area (Å²) in [4.78, 5) is 12.2. The molecule has 5 heteroatoms. The number of rotatable bonds is 3. The van der Waals surface area contributed by atoms with Crippen LogP contribution in [0.3, 0.4) is 0 Å². The zero-order valence-corrected chi connectivity index (χ0v) is 11.4. The Labute approximate surface area is 119 Å². The lowest BCUT2D eigenvalue weighted by Crippen LogP contribution is -2.05. The van der Waals surface area contributed by atoms with E-state index in [1.54, 1.807) is 6.07 Å². The van der Waals surface area contributed by atoms with Crippen molar-refractivity contribution in [1.82, 2.24) is 0 Å². The molecular formula is C14H9Cl2FO2. The first-order valence-corrected chi connectivity index (χ1v) is 6.12. The molecule has 0 radical (unpaired) electrons. The number of carbonyl (C=O) groups is 1. The Morgan fingerprint density at radius 2 is 1.79 bits per heavy atom. The van der Waals surface area contributed by atoms with Crippen molar-refractivity contribution in [3.8, 4) is 5.75 Å². The first-order valence-electron chi connectivity index (χ1n) is 5.36. The van der Waals surface area contributed by atoms with Crippen molar-refractivity contribution in [2.45, 2.75) is 0 Å². The fraction of sp³-hybridized carbons (Fsp3) is 0.0714. The van der Waals surface area contributed by atoms with Crippen LogP contribution < -0.4 is 4.74 Å². The molecule has 0 spiro atoms. The van der Waals surface area contributed by atoms with E-state index in [2.05, 4.69) is 0 Å². The minimum absolute atomic E-state index is 0.0727. The summed E-state index contributed by atoms with van der Waals surface area (Å²) < 4.78 is 18.7. The summed E-state index contributed by atoms with van der Waals surface area (Å²) in [5.41, 5.74) is 0.139. The molecule has 0 aliphatic rings. The van der Waals surface area contributed by atoms with Crippen molar-refractivity contribution >= 4 is 29.0 Å². The molecule has 2 aromatic carbocycles. The topological polar surface area (TPSA) is 26.3 Å². The lowest BCUT2D eigenvalue weighted by atomic mass is 10.0. The van der Waals surface area contributed by atoms with Crippen molar-refractivity contribution in [2.75, 3.05) is 7.11 Å². The van der Waals surface area contributed by atoms with Crippen LogP contribution in [0.2, 0.25) is 10.0 Å². The fourth-order valence-electron chi connectivity index (χ4n) is 1.63. The van der Waals surface area contributed by atoms with Gasteiger partial charge in [0.2, 0.25) is 0 Å². The average molecular weight is 299 g/mol. The van der Waals surface area contributed by atoms with E-state index in [4.69, 9.17) is 27.9 Å². The molecule has 0 aromatic heterocycles. The predicted molar refractivity (Wildman–Crippen MR) is 72.8 cm³/mol. The second-order valence-corrected chi connectivity index (χ2v) is 4.64. The zero-order valence-electron chi connectivity index (χ0n) is 9.91. The van der Waals surface area contributed by atoms with Gasteiger partial charge in [-0.3, -0.25) is 4.79 Å². The van der Waals surface area contributed by atoms with E-state index in [9.17, 15) is 9.18 Å². The maximum atomic E-state index is 13.7. The predicted octanol–water partition coefficient (Wildman–Crippen LogP) is 4.37. The number of methoxy groups -OCH3 is 1. The third-order valence-electron chi connectivity index (χ3n) is 2.60. The van der Waals surface area contributed by atoms with E-state index >= 15 is 0 Å². The van der Waals surface area contributed by atoms with Crippen molar-refractivity contribution in [3.63, 3.8) is 0 Å². The molecule has 19 heavy (non-hydrogen) atoms. The molecule has 0 aliphatic carbocycles. The Hall–Kier alpha value is -1.58. The summed E-state index contributed by atoms with van der Waals surface area (Å²) in [6.45, 7) is 0. The Morgan fingerprint density at radius 1 is 1.11 bits per heavy atom. The minimum atomic E-state index is -0.676. The van der Waals surface area contributed by atoms with Gasteiger partial charge in [0.25, 0.3) is 0 Å². The highest BCUT2D eigenvalue weighted by Crippen LogP contribution is 2.26. The molecule has 0 amide bonds. The first-order chi connectivity index (χ1) is 9.02. The van der Waals surface area contributed by atoms with E-state index in [-0.39, 0.29) is 21.2 Å². The minimum Gasteiger partial charge on any atom is -0.497 e. The maximum Gasteiger partial charge on any atom is 0.197 e. The monoisotopic (exact) mass is 298 g/mol. The smallest absolute Gasteiger partial charge is 0.197 e. The van der Waals surface area contributed by atoms with Gasteiger partial charge in [0.05, 0.1) is 17.7 Å². The summed E-state index contributed by atoms with van der Waals surface area (Å²) in [5.74, 6) is -0.649. The van der Waals surface area contributed by atoms with Crippen molar-refractivity contribution in [2.24, 2.45) is 0 Å². The SMILES string of the molecule is COc1ccc(C(=O)c2ccc(Cl)cc2F)c(Cl)c1. The molecule has 0 fully saturated rings. The van der Waals surface area contributed by atoms with Gasteiger partial charge in [-0.2, -0.15) is 0 Å². The molecule has 2 rings (SSSR count). The van der Waals surface area contributed by atoms with E-state index in [1.165, 1.54) is 31.4 Å². The third-order valence-corrected chi connectivity index (χ3v) is 3.14. The zero-order chi connectivity index (χ0) is 14.0. The number of benzene rings is 2. The quantitative estimate of drug-likeness (QED) is 0.787. The molecule has 98 valence electrons. The number of carbonyl (C=O) groups excluding carboxylic acids is 1. The lowest BCUT2D eigenvalue weighted by Gasteiger charge is -2.07. The molecule has 0 N–H and O–H groups in total. The number of halogens is 3. The number of hydrogen-bond acceptors (Lipinski definition) is 2. The lowest BCUT2D eigenvalue weighted by molar-refractivity contribution is 0.103. The van der Waals surface area contributed by atoms with E-state index < -0.39 is 11.6 Å². The number of ketones is 1. The highest BCUT2D eigenvalue weighted by Gasteiger charge is 2.17. The van der Waals surface area contributed by atoms with Crippen LogP contribution in [0.15, 0.2) is 36.4 Å².